The monoisotopic (exact) mass is 419 g/mol. The van der Waals surface area contributed by atoms with Gasteiger partial charge in [0.25, 0.3) is 0 Å². The summed E-state index contributed by atoms with van der Waals surface area (Å²) in [5, 5.41) is 12.1. The minimum absolute atomic E-state index is 0.0922. The number of thioether (sulfide) groups is 1. The van der Waals surface area contributed by atoms with Crippen LogP contribution in [0.3, 0.4) is 0 Å². The number of ether oxygens (including phenoxy) is 1. The Hall–Kier alpha value is -2.09. The molecule has 0 aliphatic heterocycles. The molecule has 0 saturated carbocycles. The highest BCUT2D eigenvalue weighted by Gasteiger charge is 2.09. The van der Waals surface area contributed by atoms with E-state index in [1.165, 1.54) is 16.9 Å². The van der Waals surface area contributed by atoms with Crippen LogP contribution in [0, 0.1) is 0 Å². The number of nitrogens with zero attached hydrogens (tertiary/aromatic N) is 2. The lowest BCUT2D eigenvalue weighted by molar-refractivity contribution is -0.116. The van der Waals surface area contributed by atoms with E-state index in [-0.39, 0.29) is 5.91 Å². The molecular weight excluding hydrogens is 402 g/mol. The van der Waals surface area contributed by atoms with Crippen molar-refractivity contribution < 1.29 is 9.53 Å². The van der Waals surface area contributed by atoms with Gasteiger partial charge in [0.05, 0.1) is 6.61 Å². The second-order valence-corrected chi connectivity index (χ2v) is 8.24. The molecule has 5 nitrogen and oxygen atoms in total. The second kappa shape index (κ2) is 10.3. The zero-order valence-electron chi connectivity index (χ0n) is 14.4. The summed E-state index contributed by atoms with van der Waals surface area (Å²) in [5.74, 6) is 1.47. The zero-order valence-corrected chi connectivity index (χ0v) is 16.8. The number of hydrogen-bond acceptors (Lipinski definition) is 6. The smallest absolute Gasteiger partial charge is 0.226 e. The van der Waals surface area contributed by atoms with Crippen LogP contribution in [0.2, 0.25) is 5.02 Å². The Balaban J connectivity index is 1.35. The van der Waals surface area contributed by atoms with Crippen LogP contribution >= 0.6 is 34.7 Å². The van der Waals surface area contributed by atoms with Gasteiger partial charge in [-0.3, -0.25) is 4.79 Å². The van der Waals surface area contributed by atoms with Gasteiger partial charge in [-0.2, -0.15) is 0 Å². The highest BCUT2D eigenvalue weighted by Crippen LogP contribution is 2.28. The van der Waals surface area contributed by atoms with Gasteiger partial charge >= 0.3 is 0 Å². The van der Waals surface area contributed by atoms with Gasteiger partial charge in [0, 0.05) is 17.2 Å². The van der Waals surface area contributed by atoms with Crippen LogP contribution in [-0.4, -0.2) is 22.7 Å². The van der Waals surface area contributed by atoms with Crippen molar-refractivity contribution in [3.63, 3.8) is 0 Å². The van der Waals surface area contributed by atoms with Crippen molar-refractivity contribution in [2.75, 3.05) is 11.9 Å². The van der Waals surface area contributed by atoms with Crippen LogP contribution in [-0.2, 0) is 10.5 Å². The van der Waals surface area contributed by atoms with E-state index >= 15 is 0 Å². The molecule has 3 rings (SSSR count). The molecule has 1 amide bonds. The van der Waals surface area contributed by atoms with Crippen LogP contribution < -0.4 is 10.1 Å². The van der Waals surface area contributed by atoms with Crippen LogP contribution in [0.5, 0.6) is 5.75 Å². The molecule has 8 heteroatoms. The first kappa shape index (κ1) is 19.7. The van der Waals surface area contributed by atoms with Crippen LogP contribution in [0.1, 0.15) is 18.4 Å². The van der Waals surface area contributed by atoms with Crippen LogP contribution in [0.15, 0.2) is 58.9 Å². The molecule has 0 spiro atoms. The van der Waals surface area contributed by atoms with Crippen molar-refractivity contribution in [1.29, 1.82) is 0 Å². The van der Waals surface area contributed by atoms with Crippen molar-refractivity contribution in [3.05, 3.63) is 65.2 Å². The van der Waals surface area contributed by atoms with E-state index in [1.807, 2.05) is 18.2 Å². The number of halogens is 1. The number of anilines is 1. The third kappa shape index (κ3) is 6.86. The average molecular weight is 420 g/mol. The maximum absolute atomic E-state index is 12.0. The summed E-state index contributed by atoms with van der Waals surface area (Å²) in [6, 6.07) is 17.3. The molecule has 1 heterocycles. The molecule has 0 saturated heterocycles. The van der Waals surface area contributed by atoms with Gasteiger partial charge < -0.3 is 10.1 Å². The molecule has 0 radical (unpaired) electrons. The second-order valence-electron chi connectivity index (χ2n) is 5.60. The molecule has 0 unspecified atom stereocenters. The van der Waals surface area contributed by atoms with Gasteiger partial charge in [-0.15, -0.1) is 10.2 Å². The minimum Gasteiger partial charge on any atom is -0.494 e. The lowest BCUT2D eigenvalue weighted by Crippen LogP contribution is -2.12. The Kier molecular flexibility index (Phi) is 7.50. The maximum Gasteiger partial charge on any atom is 0.226 e. The lowest BCUT2D eigenvalue weighted by Gasteiger charge is -2.05. The largest absolute Gasteiger partial charge is 0.494 e. The predicted octanol–water partition coefficient (Wildman–Crippen LogP) is 5.28. The molecule has 1 aromatic heterocycles. The van der Waals surface area contributed by atoms with Crippen molar-refractivity contribution >= 4 is 45.7 Å². The average Bonchev–Trinajstić information content (AvgIpc) is 3.13. The molecular formula is C19H18ClN3O2S2. The Morgan fingerprint density at radius 3 is 2.67 bits per heavy atom. The summed E-state index contributed by atoms with van der Waals surface area (Å²) in [4.78, 5) is 12.0. The van der Waals surface area contributed by atoms with Gasteiger partial charge in [0.1, 0.15) is 5.75 Å². The Morgan fingerprint density at radius 2 is 1.89 bits per heavy atom. The van der Waals surface area contributed by atoms with Gasteiger partial charge in [-0.1, -0.05) is 65.0 Å². The minimum atomic E-state index is -0.0922. The van der Waals surface area contributed by atoms with Gasteiger partial charge in [-0.25, -0.2) is 0 Å². The Labute approximate surface area is 171 Å². The highest BCUT2D eigenvalue weighted by atomic mass is 35.5. The van der Waals surface area contributed by atoms with Gasteiger partial charge in [0.15, 0.2) is 4.34 Å². The van der Waals surface area contributed by atoms with Crippen molar-refractivity contribution in [2.24, 2.45) is 0 Å². The molecule has 2 aromatic carbocycles. The summed E-state index contributed by atoms with van der Waals surface area (Å²) in [6.07, 6.45) is 0.975. The SMILES string of the molecule is O=C(CCCOc1ccc(Cl)cc1)Nc1nnc(SCc2ccccc2)s1. The summed E-state index contributed by atoms with van der Waals surface area (Å²) in [5.41, 5.74) is 1.23. The van der Waals surface area contributed by atoms with Crippen molar-refractivity contribution in [3.8, 4) is 5.75 Å². The van der Waals surface area contributed by atoms with E-state index in [2.05, 4.69) is 27.6 Å². The Bertz CT molecular complexity index is 857. The number of nitrogens with one attached hydrogen (secondary N) is 1. The summed E-state index contributed by atoms with van der Waals surface area (Å²) < 4.78 is 6.41. The summed E-state index contributed by atoms with van der Waals surface area (Å²) >= 11 is 8.81. The van der Waals surface area contributed by atoms with Crippen molar-refractivity contribution in [2.45, 2.75) is 22.9 Å². The number of benzene rings is 2. The zero-order chi connectivity index (χ0) is 18.9. The molecule has 27 heavy (non-hydrogen) atoms. The van der Waals surface area contributed by atoms with E-state index in [0.29, 0.717) is 29.6 Å². The number of carbonyl (C=O) groups is 1. The van der Waals surface area contributed by atoms with E-state index in [9.17, 15) is 4.79 Å². The molecule has 3 aromatic rings. The van der Waals surface area contributed by atoms with Crippen molar-refractivity contribution in [1.82, 2.24) is 10.2 Å². The molecule has 0 atom stereocenters. The molecule has 0 aliphatic rings. The first-order chi connectivity index (χ1) is 13.2. The van der Waals surface area contributed by atoms with Crippen LogP contribution in [0.25, 0.3) is 0 Å². The number of carbonyl (C=O) groups excluding carboxylic acids is 1. The topological polar surface area (TPSA) is 64.1 Å². The fourth-order valence-corrected chi connectivity index (χ4v) is 4.02. The number of rotatable bonds is 9. The quantitative estimate of drug-likeness (QED) is 0.290. The molecule has 1 N–H and O–H groups in total. The van der Waals surface area contributed by atoms with E-state index < -0.39 is 0 Å². The lowest BCUT2D eigenvalue weighted by atomic mass is 10.2. The molecule has 140 valence electrons. The highest BCUT2D eigenvalue weighted by molar-refractivity contribution is 8.00. The molecule has 0 fully saturated rings. The standard InChI is InChI=1S/C19H18ClN3O2S2/c20-15-8-10-16(11-9-15)25-12-4-7-17(24)21-18-22-23-19(27-18)26-13-14-5-2-1-3-6-14/h1-3,5-6,8-11H,4,7,12-13H2,(H,21,22,24). The number of aromatic nitrogens is 2. The summed E-state index contributed by atoms with van der Waals surface area (Å²) in [6.45, 7) is 0.462. The Morgan fingerprint density at radius 1 is 1.11 bits per heavy atom. The first-order valence-electron chi connectivity index (χ1n) is 8.37. The number of hydrogen-bond donors (Lipinski definition) is 1. The fourth-order valence-electron chi connectivity index (χ4n) is 2.17. The molecule has 0 bridgehead atoms. The fraction of sp³-hybridized carbons (Fsp3) is 0.211. The van der Waals surface area contributed by atoms with Gasteiger partial charge in [0.2, 0.25) is 11.0 Å². The third-order valence-corrected chi connectivity index (χ3v) is 5.78. The maximum atomic E-state index is 12.0. The first-order valence-corrected chi connectivity index (χ1v) is 10.6. The van der Waals surface area contributed by atoms with Gasteiger partial charge in [-0.05, 0) is 36.2 Å². The number of amides is 1. The molecule has 0 aliphatic carbocycles. The van der Waals surface area contributed by atoms with E-state index in [4.69, 9.17) is 16.3 Å². The van der Waals surface area contributed by atoms with Crippen LogP contribution in [0.4, 0.5) is 5.13 Å². The van der Waals surface area contributed by atoms with E-state index in [1.54, 1.807) is 36.0 Å². The summed E-state index contributed by atoms with van der Waals surface area (Å²) in [7, 11) is 0. The third-order valence-electron chi connectivity index (χ3n) is 3.49. The normalized spacial score (nSPS) is 10.6. The van der Waals surface area contributed by atoms with E-state index in [0.717, 1.165) is 15.8 Å². The predicted molar refractivity (Wildman–Crippen MR) is 111 cm³/mol.